The molecular formula is C25H29ClN6O4S. The summed E-state index contributed by atoms with van der Waals surface area (Å²) in [7, 11) is -3.24. The van der Waals surface area contributed by atoms with Gasteiger partial charge in [0.25, 0.3) is 0 Å². The zero-order chi connectivity index (χ0) is 26.3. The molecule has 4 aromatic heterocycles. The van der Waals surface area contributed by atoms with E-state index in [1.807, 2.05) is 6.92 Å². The maximum absolute atomic E-state index is 12.2. The summed E-state index contributed by atoms with van der Waals surface area (Å²) in [6.07, 6.45) is 8.98. The van der Waals surface area contributed by atoms with Gasteiger partial charge in [-0.3, -0.25) is 14.5 Å². The van der Waals surface area contributed by atoms with Crippen molar-refractivity contribution in [2.75, 3.05) is 12.0 Å². The van der Waals surface area contributed by atoms with Gasteiger partial charge in [-0.25, -0.2) is 23.2 Å². The highest BCUT2D eigenvalue weighted by atomic mass is 35.5. The largest absolute Gasteiger partial charge is 0.439 e. The van der Waals surface area contributed by atoms with Crippen LogP contribution in [0.25, 0.3) is 33.8 Å². The van der Waals surface area contributed by atoms with Crippen LogP contribution in [-0.2, 0) is 16.4 Å². The number of pyridine rings is 2. The standard InChI is InChI=1S/C25H29ClN6O4S/c1-14-4-6-16(7-5-14)12-32-22-19(29-24(32)15(2)13-37(3,34)35)9-20(23-30-25(33)36-31-23)28-21(22)17-8-18(26)11-27-10-17/h8-11,14-16H,4-7,12-13H2,1-3H3,(H,30,31,33)/t14-,15?,16-. The second-order valence-corrected chi connectivity index (χ2v) is 12.9. The van der Waals surface area contributed by atoms with E-state index in [2.05, 4.69) is 26.6 Å². The van der Waals surface area contributed by atoms with E-state index >= 15 is 0 Å². The average Bonchev–Trinajstić information content (AvgIpc) is 3.43. The predicted molar refractivity (Wildman–Crippen MR) is 141 cm³/mol. The normalized spacial score (nSPS) is 19.4. The van der Waals surface area contributed by atoms with Crippen LogP contribution in [0.1, 0.15) is 51.3 Å². The van der Waals surface area contributed by atoms with Gasteiger partial charge in [-0.2, -0.15) is 0 Å². The van der Waals surface area contributed by atoms with Crippen LogP contribution in [-0.4, -0.2) is 50.1 Å². The van der Waals surface area contributed by atoms with E-state index < -0.39 is 15.6 Å². The van der Waals surface area contributed by atoms with Crippen molar-refractivity contribution < 1.29 is 12.9 Å². The lowest BCUT2D eigenvalue weighted by molar-refractivity contribution is 0.264. The van der Waals surface area contributed by atoms with Crippen molar-refractivity contribution in [1.29, 1.82) is 0 Å². The number of sulfone groups is 1. The molecule has 10 nitrogen and oxygen atoms in total. The van der Waals surface area contributed by atoms with E-state index in [0.717, 1.165) is 18.4 Å². The molecule has 4 heterocycles. The minimum atomic E-state index is -3.24. The third-order valence-electron chi connectivity index (χ3n) is 6.99. The van der Waals surface area contributed by atoms with Crippen molar-refractivity contribution in [2.45, 2.75) is 52.0 Å². The third kappa shape index (κ3) is 5.62. The highest BCUT2D eigenvalue weighted by Crippen LogP contribution is 2.36. The highest BCUT2D eigenvalue weighted by molar-refractivity contribution is 7.90. The van der Waals surface area contributed by atoms with Crippen molar-refractivity contribution in [3.8, 4) is 22.8 Å². The summed E-state index contributed by atoms with van der Waals surface area (Å²) < 4.78 is 31.2. The smallest absolute Gasteiger partial charge is 0.326 e. The van der Waals surface area contributed by atoms with E-state index in [1.54, 1.807) is 24.5 Å². The van der Waals surface area contributed by atoms with Gasteiger partial charge in [-0.15, -0.1) is 0 Å². The van der Waals surface area contributed by atoms with Crippen molar-refractivity contribution in [3.63, 3.8) is 0 Å². The maximum Gasteiger partial charge on any atom is 0.439 e. The number of hydrogen-bond acceptors (Lipinski definition) is 8. The van der Waals surface area contributed by atoms with Gasteiger partial charge in [-0.1, -0.05) is 43.4 Å². The molecule has 1 N–H and O–H groups in total. The fourth-order valence-electron chi connectivity index (χ4n) is 5.24. The molecule has 37 heavy (non-hydrogen) atoms. The van der Waals surface area contributed by atoms with Crippen LogP contribution >= 0.6 is 11.6 Å². The molecule has 0 aromatic carbocycles. The minimum absolute atomic E-state index is 0.0248. The number of H-pyrrole nitrogens is 1. The second-order valence-electron chi connectivity index (χ2n) is 10.3. The molecule has 0 radical (unpaired) electrons. The first-order valence-corrected chi connectivity index (χ1v) is 14.8. The fraction of sp³-hybridized carbons (Fsp3) is 0.480. The summed E-state index contributed by atoms with van der Waals surface area (Å²) in [5.74, 6) is 0.944. The van der Waals surface area contributed by atoms with Gasteiger partial charge >= 0.3 is 5.76 Å². The fourth-order valence-corrected chi connectivity index (χ4v) is 6.47. The van der Waals surface area contributed by atoms with Gasteiger partial charge in [0.1, 0.15) is 21.4 Å². The molecule has 4 aromatic rings. The Kier molecular flexibility index (Phi) is 6.93. The summed E-state index contributed by atoms with van der Waals surface area (Å²) in [5.41, 5.74) is 2.99. The van der Waals surface area contributed by atoms with E-state index in [1.165, 1.54) is 19.1 Å². The third-order valence-corrected chi connectivity index (χ3v) is 8.30. The summed E-state index contributed by atoms with van der Waals surface area (Å²) in [6, 6.07) is 3.51. The first-order valence-electron chi connectivity index (χ1n) is 12.3. The molecule has 1 saturated carbocycles. The molecule has 12 heteroatoms. The number of fused-ring (bicyclic) bond motifs is 1. The van der Waals surface area contributed by atoms with E-state index in [4.69, 9.17) is 26.1 Å². The molecule has 0 aliphatic heterocycles. The Morgan fingerprint density at radius 3 is 2.59 bits per heavy atom. The molecule has 5 rings (SSSR count). The van der Waals surface area contributed by atoms with Crippen LogP contribution in [0.4, 0.5) is 0 Å². The van der Waals surface area contributed by atoms with Crippen LogP contribution in [0.3, 0.4) is 0 Å². The van der Waals surface area contributed by atoms with Crippen molar-refractivity contribution in [1.82, 2.24) is 29.7 Å². The van der Waals surface area contributed by atoms with Crippen LogP contribution in [0.15, 0.2) is 33.8 Å². The SMILES string of the molecule is CC(CS(C)(=O)=O)c1nc2cc(-c3noc(=O)[nH]3)nc(-c3cncc(Cl)c3)c2n1C[C@H]1CC[C@H](C)CC1. The quantitative estimate of drug-likeness (QED) is 0.360. The highest BCUT2D eigenvalue weighted by Gasteiger charge is 2.27. The number of hydrogen-bond donors (Lipinski definition) is 1. The number of nitrogens with one attached hydrogen (secondary N) is 1. The Morgan fingerprint density at radius 2 is 1.95 bits per heavy atom. The first-order chi connectivity index (χ1) is 17.6. The van der Waals surface area contributed by atoms with Gasteiger partial charge in [0.15, 0.2) is 0 Å². The summed E-state index contributed by atoms with van der Waals surface area (Å²) in [6.45, 7) is 4.87. The van der Waals surface area contributed by atoms with Gasteiger partial charge in [0, 0.05) is 36.7 Å². The lowest BCUT2D eigenvalue weighted by Gasteiger charge is -2.28. The monoisotopic (exact) mass is 544 g/mol. The van der Waals surface area contributed by atoms with Gasteiger partial charge in [0.2, 0.25) is 5.82 Å². The predicted octanol–water partition coefficient (Wildman–Crippen LogP) is 4.46. The molecule has 196 valence electrons. The van der Waals surface area contributed by atoms with Crippen molar-refractivity contribution in [3.05, 3.63) is 45.9 Å². The van der Waals surface area contributed by atoms with Crippen molar-refractivity contribution in [2.24, 2.45) is 11.8 Å². The Labute approximate surface area is 219 Å². The number of rotatable bonds is 7. The number of halogens is 1. The molecule has 0 amide bonds. The van der Waals surface area contributed by atoms with E-state index in [-0.39, 0.29) is 17.5 Å². The van der Waals surface area contributed by atoms with Gasteiger partial charge < -0.3 is 4.57 Å². The zero-order valence-electron chi connectivity index (χ0n) is 20.9. The van der Waals surface area contributed by atoms with Gasteiger partial charge in [-0.05, 0) is 36.8 Å². The molecule has 0 spiro atoms. The number of nitrogens with zero attached hydrogens (tertiary/aromatic N) is 5. The van der Waals surface area contributed by atoms with Crippen LogP contribution in [0.2, 0.25) is 5.02 Å². The Hall–Kier alpha value is -3.05. The van der Waals surface area contributed by atoms with Crippen LogP contribution < -0.4 is 5.76 Å². The molecule has 0 bridgehead atoms. The summed E-state index contributed by atoms with van der Waals surface area (Å²) >= 11 is 6.29. The number of imidazole rings is 1. The molecule has 1 fully saturated rings. The zero-order valence-corrected chi connectivity index (χ0v) is 22.5. The summed E-state index contributed by atoms with van der Waals surface area (Å²) in [4.78, 5) is 28.2. The lowest BCUT2D eigenvalue weighted by atomic mass is 9.83. The molecule has 1 aliphatic carbocycles. The van der Waals surface area contributed by atoms with Crippen molar-refractivity contribution >= 4 is 32.5 Å². The average molecular weight is 545 g/mol. The molecule has 0 saturated heterocycles. The molecule has 1 aliphatic rings. The topological polar surface area (TPSA) is 137 Å². The maximum atomic E-state index is 12.2. The summed E-state index contributed by atoms with van der Waals surface area (Å²) in [5, 5.41) is 4.25. The molecular weight excluding hydrogens is 516 g/mol. The number of aromatic amines is 1. The van der Waals surface area contributed by atoms with E-state index in [9.17, 15) is 13.2 Å². The Morgan fingerprint density at radius 1 is 1.19 bits per heavy atom. The van der Waals surface area contributed by atoms with Gasteiger partial charge in [0.05, 0.1) is 27.5 Å². The molecule has 1 unspecified atom stereocenters. The Bertz CT molecular complexity index is 1600. The van der Waals surface area contributed by atoms with E-state index in [0.29, 0.717) is 51.7 Å². The minimum Gasteiger partial charge on any atom is -0.326 e. The van der Waals surface area contributed by atoms with Crippen LogP contribution in [0.5, 0.6) is 0 Å². The first kappa shape index (κ1) is 25.6. The lowest BCUT2D eigenvalue weighted by Crippen LogP contribution is -2.21. The molecule has 1 atom stereocenters. The Balaban J connectivity index is 1.75. The second kappa shape index (κ2) is 10.0. The number of aromatic nitrogens is 6. The van der Waals surface area contributed by atoms with Crippen LogP contribution in [0, 0.1) is 11.8 Å².